The lowest BCUT2D eigenvalue weighted by atomic mass is 9.99. The number of rotatable bonds is 15. The van der Waals surface area contributed by atoms with Gasteiger partial charge in [0.15, 0.2) is 0 Å². The zero-order valence-electron chi connectivity index (χ0n) is 19.0. The van der Waals surface area contributed by atoms with Gasteiger partial charge in [0.2, 0.25) is 17.7 Å². The van der Waals surface area contributed by atoms with E-state index < -0.39 is 54.5 Å². The second-order valence-electron chi connectivity index (χ2n) is 7.68. The third-order valence-electron chi connectivity index (χ3n) is 5.21. The van der Waals surface area contributed by atoms with Gasteiger partial charge >= 0.3 is 5.97 Å². The summed E-state index contributed by atoms with van der Waals surface area (Å²) in [5.41, 5.74) is 6.44. The summed E-state index contributed by atoms with van der Waals surface area (Å²) in [6.07, 6.45) is 5.56. The van der Waals surface area contributed by atoms with Crippen molar-refractivity contribution in [3.05, 3.63) is 18.2 Å². The zero-order valence-corrected chi connectivity index (χ0v) is 19.9. The molecule has 1 rings (SSSR count). The number of hydrogen-bond donors (Lipinski definition) is 7. The number of carbonyl (C=O) groups is 4. The number of hydrogen-bond acceptors (Lipinski definition) is 8. The lowest BCUT2D eigenvalue weighted by Gasteiger charge is -2.25. The lowest BCUT2D eigenvalue weighted by molar-refractivity contribution is -0.142. The van der Waals surface area contributed by atoms with Crippen LogP contribution in [0.4, 0.5) is 0 Å². The molecular weight excluding hydrogens is 452 g/mol. The molecule has 0 aliphatic carbocycles. The number of carboxylic acids is 1. The summed E-state index contributed by atoms with van der Waals surface area (Å²) in [7, 11) is 0. The standard InChI is InChI=1S/C20H34N6O6S/c1-4-11(2)16(21)19(30)24-13(5-6-33-3)17(28)26-15(9-27)18(29)25-14(20(31)32)7-12-8-22-10-23-12/h8,10-11,13-16,27H,4-7,9,21H2,1-3H3,(H,22,23)(H,24,30)(H,25,29)(H,26,28)(H,31,32). The molecular formula is C20H34N6O6S. The first-order valence-corrected chi connectivity index (χ1v) is 12.0. The van der Waals surface area contributed by atoms with Crippen LogP contribution in [0.5, 0.6) is 0 Å². The first-order chi connectivity index (χ1) is 15.6. The Morgan fingerprint density at radius 2 is 1.73 bits per heavy atom. The average Bonchev–Trinajstić information content (AvgIpc) is 3.31. The molecule has 13 heteroatoms. The van der Waals surface area contributed by atoms with Crippen molar-refractivity contribution >= 4 is 35.5 Å². The number of aliphatic hydroxyl groups excluding tert-OH is 1. The molecule has 0 radical (unpaired) electrons. The molecule has 0 bridgehead atoms. The molecule has 1 heterocycles. The van der Waals surface area contributed by atoms with Crippen LogP contribution < -0.4 is 21.7 Å². The van der Waals surface area contributed by atoms with Crippen molar-refractivity contribution in [1.82, 2.24) is 25.9 Å². The van der Waals surface area contributed by atoms with Crippen LogP contribution in [0.1, 0.15) is 32.4 Å². The Kier molecular flexibility index (Phi) is 12.5. The van der Waals surface area contributed by atoms with Gasteiger partial charge in [-0.15, -0.1) is 0 Å². The number of nitrogens with zero attached hydrogens (tertiary/aromatic N) is 1. The van der Waals surface area contributed by atoms with Crippen LogP contribution in [0.15, 0.2) is 12.5 Å². The Bertz CT molecular complexity index is 777. The molecule has 0 spiro atoms. The highest BCUT2D eigenvalue weighted by atomic mass is 32.2. The highest BCUT2D eigenvalue weighted by Crippen LogP contribution is 2.08. The zero-order chi connectivity index (χ0) is 25.0. The van der Waals surface area contributed by atoms with E-state index in [0.29, 0.717) is 17.9 Å². The van der Waals surface area contributed by atoms with E-state index in [0.717, 1.165) is 0 Å². The van der Waals surface area contributed by atoms with Crippen molar-refractivity contribution in [1.29, 1.82) is 0 Å². The van der Waals surface area contributed by atoms with Gasteiger partial charge < -0.3 is 36.9 Å². The number of aliphatic hydroxyl groups is 1. The molecule has 0 saturated heterocycles. The number of thioether (sulfide) groups is 1. The smallest absolute Gasteiger partial charge is 0.326 e. The van der Waals surface area contributed by atoms with E-state index in [1.165, 1.54) is 24.3 Å². The summed E-state index contributed by atoms with van der Waals surface area (Å²) in [4.78, 5) is 55.9. The highest BCUT2D eigenvalue weighted by Gasteiger charge is 2.30. The maximum absolute atomic E-state index is 12.8. The average molecular weight is 487 g/mol. The van der Waals surface area contributed by atoms with Gasteiger partial charge in [0, 0.05) is 18.3 Å². The van der Waals surface area contributed by atoms with Gasteiger partial charge in [0.25, 0.3) is 0 Å². The number of H-pyrrole nitrogens is 1. The molecule has 1 aromatic heterocycles. The maximum Gasteiger partial charge on any atom is 0.326 e. The van der Waals surface area contributed by atoms with Crippen LogP contribution in [-0.2, 0) is 25.6 Å². The SMILES string of the molecule is CCC(C)C(N)C(=O)NC(CCSC)C(=O)NC(CO)C(=O)NC(Cc1cnc[nH]1)C(=O)O. The molecule has 0 aliphatic heterocycles. The Balaban J connectivity index is 2.83. The van der Waals surface area contributed by atoms with E-state index in [2.05, 4.69) is 25.9 Å². The van der Waals surface area contributed by atoms with Crippen LogP contribution in [0.3, 0.4) is 0 Å². The number of aliphatic carboxylic acids is 1. The van der Waals surface area contributed by atoms with E-state index >= 15 is 0 Å². The van der Waals surface area contributed by atoms with E-state index in [1.54, 1.807) is 0 Å². The number of nitrogens with two attached hydrogens (primary N) is 1. The normalized spacial score (nSPS) is 15.5. The van der Waals surface area contributed by atoms with Gasteiger partial charge in [0.1, 0.15) is 18.1 Å². The number of amides is 3. The Morgan fingerprint density at radius 1 is 1.12 bits per heavy atom. The predicted molar refractivity (Wildman–Crippen MR) is 123 cm³/mol. The first-order valence-electron chi connectivity index (χ1n) is 10.6. The minimum absolute atomic E-state index is 0.0624. The summed E-state index contributed by atoms with van der Waals surface area (Å²) in [5.74, 6) is -2.86. The van der Waals surface area contributed by atoms with Gasteiger partial charge in [-0.3, -0.25) is 14.4 Å². The van der Waals surface area contributed by atoms with E-state index in [1.807, 2.05) is 20.1 Å². The Morgan fingerprint density at radius 3 is 2.24 bits per heavy atom. The number of carbonyl (C=O) groups excluding carboxylic acids is 3. The molecule has 12 nitrogen and oxygen atoms in total. The molecule has 0 saturated carbocycles. The predicted octanol–water partition coefficient (Wildman–Crippen LogP) is -1.39. The van der Waals surface area contributed by atoms with Crippen LogP contribution in [-0.4, -0.2) is 86.7 Å². The highest BCUT2D eigenvalue weighted by molar-refractivity contribution is 7.98. The Hall–Kier alpha value is -2.64. The minimum atomic E-state index is -1.40. The maximum atomic E-state index is 12.8. The quantitative estimate of drug-likeness (QED) is 0.156. The number of aromatic amines is 1. The van der Waals surface area contributed by atoms with E-state index in [9.17, 15) is 29.4 Å². The fraction of sp³-hybridized carbons (Fsp3) is 0.650. The van der Waals surface area contributed by atoms with Gasteiger partial charge in [0.05, 0.1) is 19.0 Å². The molecule has 0 aromatic carbocycles. The number of aromatic nitrogens is 2. The third kappa shape index (κ3) is 9.40. The third-order valence-corrected chi connectivity index (χ3v) is 5.86. The molecule has 5 atom stereocenters. The molecule has 0 fully saturated rings. The van der Waals surface area contributed by atoms with Crippen molar-refractivity contribution in [3.8, 4) is 0 Å². The molecule has 186 valence electrons. The fourth-order valence-corrected chi connectivity index (χ4v) is 3.31. The summed E-state index contributed by atoms with van der Waals surface area (Å²) in [5, 5.41) is 26.3. The summed E-state index contributed by atoms with van der Waals surface area (Å²) in [6, 6.07) is -4.47. The first kappa shape index (κ1) is 28.4. The van der Waals surface area contributed by atoms with Crippen LogP contribution in [0.2, 0.25) is 0 Å². The summed E-state index contributed by atoms with van der Waals surface area (Å²) < 4.78 is 0. The van der Waals surface area contributed by atoms with Crippen molar-refractivity contribution in [2.45, 2.75) is 57.3 Å². The van der Waals surface area contributed by atoms with Gasteiger partial charge in [-0.2, -0.15) is 11.8 Å². The van der Waals surface area contributed by atoms with Crippen molar-refractivity contribution in [2.75, 3.05) is 18.6 Å². The molecule has 0 aliphatic rings. The monoisotopic (exact) mass is 486 g/mol. The molecule has 8 N–H and O–H groups in total. The largest absolute Gasteiger partial charge is 0.480 e. The van der Waals surface area contributed by atoms with E-state index in [4.69, 9.17) is 5.73 Å². The summed E-state index contributed by atoms with van der Waals surface area (Å²) >= 11 is 1.47. The molecule has 3 amide bonds. The second kappa shape index (κ2) is 14.5. The van der Waals surface area contributed by atoms with Crippen molar-refractivity contribution in [3.63, 3.8) is 0 Å². The van der Waals surface area contributed by atoms with Crippen LogP contribution in [0.25, 0.3) is 0 Å². The van der Waals surface area contributed by atoms with Crippen LogP contribution >= 0.6 is 11.8 Å². The van der Waals surface area contributed by atoms with Crippen LogP contribution in [0, 0.1) is 5.92 Å². The molecule has 33 heavy (non-hydrogen) atoms. The fourth-order valence-electron chi connectivity index (χ4n) is 2.84. The van der Waals surface area contributed by atoms with Gasteiger partial charge in [-0.25, -0.2) is 9.78 Å². The Labute approximate surface area is 196 Å². The lowest BCUT2D eigenvalue weighted by Crippen LogP contribution is -2.58. The van der Waals surface area contributed by atoms with Crippen molar-refractivity contribution < 1.29 is 29.4 Å². The summed E-state index contributed by atoms with van der Waals surface area (Å²) in [6.45, 7) is 2.97. The molecule has 5 unspecified atom stereocenters. The topological polar surface area (TPSA) is 200 Å². The van der Waals surface area contributed by atoms with E-state index in [-0.39, 0.29) is 18.8 Å². The second-order valence-corrected chi connectivity index (χ2v) is 8.66. The van der Waals surface area contributed by atoms with Gasteiger partial charge in [-0.05, 0) is 24.3 Å². The number of imidazole rings is 1. The number of carboxylic acid groups (broad SMARTS) is 1. The minimum Gasteiger partial charge on any atom is -0.480 e. The molecule has 1 aromatic rings. The van der Waals surface area contributed by atoms with Crippen molar-refractivity contribution in [2.24, 2.45) is 11.7 Å². The number of nitrogens with one attached hydrogen (secondary N) is 4. The van der Waals surface area contributed by atoms with Gasteiger partial charge in [-0.1, -0.05) is 20.3 Å².